The molecule has 4 heteroatoms. The first-order valence-electron chi connectivity index (χ1n) is 6.82. The molecular formula is C16H16N2OS. The zero-order valence-corrected chi connectivity index (χ0v) is 12.2. The molecule has 0 amide bonds. The minimum absolute atomic E-state index is 0.228. The normalized spacial score (nSPS) is 22.4. The van der Waals surface area contributed by atoms with Crippen LogP contribution in [-0.4, -0.2) is 11.6 Å². The van der Waals surface area contributed by atoms with Gasteiger partial charge in [0.05, 0.1) is 17.3 Å². The van der Waals surface area contributed by atoms with Crippen LogP contribution in [0.4, 0.5) is 0 Å². The lowest BCUT2D eigenvalue weighted by Gasteiger charge is -2.31. The SMILES string of the molecule is CC1(c2nc(-c3ccc(C#N)cc3)cs2)CCCCO1. The van der Waals surface area contributed by atoms with Gasteiger partial charge in [0.25, 0.3) is 0 Å². The highest BCUT2D eigenvalue weighted by molar-refractivity contribution is 7.10. The van der Waals surface area contributed by atoms with Gasteiger partial charge in [-0.2, -0.15) is 5.26 Å². The summed E-state index contributed by atoms with van der Waals surface area (Å²) >= 11 is 1.66. The number of hydrogen-bond acceptors (Lipinski definition) is 4. The number of rotatable bonds is 2. The zero-order chi connectivity index (χ0) is 14.0. The van der Waals surface area contributed by atoms with Crippen molar-refractivity contribution in [1.29, 1.82) is 5.26 Å². The van der Waals surface area contributed by atoms with Crippen LogP contribution in [0.15, 0.2) is 29.6 Å². The van der Waals surface area contributed by atoms with Gasteiger partial charge in [-0.25, -0.2) is 4.98 Å². The molecule has 1 fully saturated rings. The Morgan fingerprint density at radius 1 is 1.30 bits per heavy atom. The number of benzene rings is 1. The van der Waals surface area contributed by atoms with E-state index in [4.69, 9.17) is 15.0 Å². The van der Waals surface area contributed by atoms with E-state index in [1.807, 2.05) is 24.3 Å². The van der Waals surface area contributed by atoms with Gasteiger partial charge >= 0.3 is 0 Å². The fourth-order valence-electron chi connectivity index (χ4n) is 2.47. The van der Waals surface area contributed by atoms with Gasteiger partial charge in [0.15, 0.2) is 0 Å². The van der Waals surface area contributed by atoms with E-state index in [2.05, 4.69) is 18.4 Å². The minimum Gasteiger partial charge on any atom is -0.368 e. The molecule has 2 aromatic rings. The van der Waals surface area contributed by atoms with Gasteiger partial charge in [0.2, 0.25) is 0 Å². The fraction of sp³-hybridized carbons (Fsp3) is 0.375. The maximum atomic E-state index is 8.83. The van der Waals surface area contributed by atoms with E-state index in [9.17, 15) is 0 Å². The van der Waals surface area contributed by atoms with Crippen molar-refractivity contribution in [3.05, 3.63) is 40.2 Å². The highest BCUT2D eigenvalue weighted by Crippen LogP contribution is 2.37. The summed E-state index contributed by atoms with van der Waals surface area (Å²) < 4.78 is 5.94. The Hall–Kier alpha value is -1.70. The van der Waals surface area contributed by atoms with Crippen molar-refractivity contribution >= 4 is 11.3 Å². The summed E-state index contributed by atoms with van der Waals surface area (Å²) in [7, 11) is 0. The molecule has 2 heterocycles. The topological polar surface area (TPSA) is 45.9 Å². The summed E-state index contributed by atoms with van der Waals surface area (Å²) in [5, 5.41) is 11.9. The van der Waals surface area contributed by atoms with Crippen LogP contribution in [0.1, 0.15) is 36.8 Å². The molecule has 3 nitrogen and oxygen atoms in total. The first-order valence-corrected chi connectivity index (χ1v) is 7.70. The van der Waals surface area contributed by atoms with Crippen LogP contribution in [0.2, 0.25) is 0 Å². The third-order valence-corrected chi connectivity index (χ3v) is 4.82. The number of aromatic nitrogens is 1. The highest BCUT2D eigenvalue weighted by atomic mass is 32.1. The van der Waals surface area contributed by atoms with Crippen molar-refractivity contribution in [2.24, 2.45) is 0 Å². The zero-order valence-electron chi connectivity index (χ0n) is 11.4. The Kier molecular flexibility index (Phi) is 3.56. The van der Waals surface area contributed by atoms with Crippen molar-refractivity contribution in [1.82, 2.24) is 4.98 Å². The maximum Gasteiger partial charge on any atom is 0.125 e. The Labute approximate surface area is 122 Å². The summed E-state index contributed by atoms with van der Waals surface area (Å²) in [6, 6.07) is 9.68. The monoisotopic (exact) mass is 284 g/mol. The van der Waals surface area contributed by atoms with E-state index >= 15 is 0 Å². The average Bonchev–Trinajstić information content (AvgIpc) is 2.99. The summed E-state index contributed by atoms with van der Waals surface area (Å²) in [5.74, 6) is 0. The van der Waals surface area contributed by atoms with Gasteiger partial charge in [-0.15, -0.1) is 11.3 Å². The lowest BCUT2D eigenvalue weighted by molar-refractivity contribution is -0.0701. The molecule has 1 atom stereocenters. The molecule has 1 aromatic heterocycles. The van der Waals surface area contributed by atoms with Crippen molar-refractivity contribution in [3.8, 4) is 17.3 Å². The van der Waals surface area contributed by atoms with Crippen LogP contribution >= 0.6 is 11.3 Å². The molecule has 0 N–H and O–H groups in total. The van der Waals surface area contributed by atoms with E-state index in [0.29, 0.717) is 5.56 Å². The van der Waals surface area contributed by atoms with E-state index in [1.165, 1.54) is 6.42 Å². The van der Waals surface area contributed by atoms with Gasteiger partial charge in [-0.3, -0.25) is 0 Å². The van der Waals surface area contributed by atoms with Crippen LogP contribution in [0.3, 0.4) is 0 Å². The van der Waals surface area contributed by atoms with Crippen LogP contribution in [0.25, 0.3) is 11.3 Å². The van der Waals surface area contributed by atoms with E-state index in [0.717, 1.165) is 35.7 Å². The minimum atomic E-state index is -0.228. The molecule has 102 valence electrons. The second-order valence-corrected chi connectivity index (χ2v) is 6.12. The van der Waals surface area contributed by atoms with Gasteiger partial charge in [-0.1, -0.05) is 12.1 Å². The first-order chi connectivity index (χ1) is 9.71. The van der Waals surface area contributed by atoms with Crippen LogP contribution < -0.4 is 0 Å². The Bertz CT molecular complexity index is 633. The molecule has 0 bridgehead atoms. The number of hydrogen-bond donors (Lipinski definition) is 0. The molecule has 0 aliphatic carbocycles. The largest absolute Gasteiger partial charge is 0.368 e. The Morgan fingerprint density at radius 2 is 2.10 bits per heavy atom. The number of ether oxygens (including phenoxy) is 1. The van der Waals surface area contributed by atoms with Crippen LogP contribution in [0.5, 0.6) is 0 Å². The fourth-order valence-corrected chi connectivity index (χ4v) is 3.44. The molecular weight excluding hydrogens is 268 g/mol. The lowest BCUT2D eigenvalue weighted by atomic mass is 9.97. The van der Waals surface area contributed by atoms with Gasteiger partial charge in [0.1, 0.15) is 10.6 Å². The number of nitriles is 1. The van der Waals surface area contributed by atoms with Gasteiger partial charge < -0.3 is 4.74 Å². The Morgan fingerprint density at radius 3 is 2.75 bits per heavy atom. The van der Waals surface area contributed by atoms with Gasteiger partial charge in [0, 0.05) is 17.6 Å². The van der Waals surface area contributed by atoms with Crippen molar-refractivity contribution in [3.63, 3.8) is 0 Å². The molecule has 1 aromatic carbocycles. The second kappa shape index (κ2) is 5.35. The van der Waals surface area contributed by atoms with Crippen molar-refractivity contribution in [2.45, 2.75) is 31.8 Å². The second-order valence-electron chi connectivity index (χ2n) is 5.26. The standard InChI is InChI=1S/C16H16N2OS/c1-16(8-2-3-9-19-16)15-18-14(11-20-15)13-6-4-12(10-17)5-7-13/h4-7,11H,2-3,8-9H2,1H3. The predicted molar refractivity (Wildman–Crippen MR) is 79.4 cm³/mol. The van der Waals surface area contributed by atoms with Crippen LogP contribution in [-0.2, 0) is 10.3 Å². The van der Waals surface area contributed by atoms with Gasteiger partial charge in [-0.05, 0) is 38.3 Å². The molecule has 0 radical (unpaired) electrons. The van der Waals surface area contributed by atoms with Crippen molar-refractivity contribution in [2.75, 3.05) is 6.61 Å². The lowest BCUT2D eigenvalue weighted by Crippen LogP contribution is -2.29. The first kappa shape index (κ1) is 13.3. The average molecular weight is 284 g/mol. The third-order valence-electron chi connectivity index (χ3n) is 3.74. The predicted octanol–water partition coefficient (Wildman–Crippen LogP) is 4.10. The summed E-state index contributed by atoms with van der Waals surface area (Å²) in [4.78, 5) is 4.74. The maximum absolute atomic E-state index is 8.83. The van der Waals surface area contributed by atoms with Crippen molar-refractivity contribution < 1.29 is 4.74 Å². The molecule has 0 saturated carbocycles. The smallest absolute Gasteiger partial charge is 0.125 e. The summed E-state index contributed by atoms with van der Waals surface area (Å²) in [6.07, 6.45) is 3.37. The van der Waals surface area contributed by atoms with E-state index < -0.39 is 0 Å². The third kappa shape index (κ3) is 2.47. The molecule has 1 aliphatic heterocycles. The summed E-state index contributed by atoms with van der Waals surface area (Å²) in [6.45, 7) is 2.95. The number of thiazole rings is 1. The molecule has 1 saturated heterocycles. The quantitative estimate of drug-likeness (QED) is 0.834. The Balaban J connectivity index is 1.87. The molecule has 1 unspecified atom stereocenters. The van der Waals surface area contributed by atoms with E-state index in [-0.39, 0.29) is 5.60 Å². The molecule has 1 aliphatic rings. The van der Waals surface area contributed by atoms with E-state index in [1.54, 1.807) is 11.3 Å². The molecule has 3 rings (SSSR count). The van der Waals surface area contributed by atoms with Crippen LogP contribution in [0, 0.1) is 11.3 Å². The number of nitrogens with zero attached hydrogens (tertiary/aromatic N) is 2. The molecule has 20 heavy (non-hydrogen) atoms. The molecule has 0 spiro atoms. The summed E-state index contributed by atoms with van der Waals surface area (Å²) in [5.41, 5.74) is 2.45. The highest BCUT2D eigenvalue weighted by Gasteiger charge is 2.32.